The first-order valence-electron chi connectivity index (χ1n) is 9.51. The summed E-state index contributed by atoms with van der Waals surface area (Å²) in [5.74, 6) is 0.240. The Morgan fingerprint density at radius 2 is 1.84 bits per heavy atom. The Kier molecular flexibility index (Phi) is 4.72. The maximum atomic E-state index is 13.6. The second kappa shape index (κ2) is 7.71. The molecule has 0 fully saturated rings. The number of nitrogens with two attached hydrogens (primary N) is 1. The molecule has 0 saturated heterocycles. The van der Waals surface area contributed by atoms with Crippen LogP contribution in [0.25, 0.3) is 33.9 Å². The highest BCUT2D eigenvalue weighted by molar-refractivity contribution is 6.30. The molecule has 5 aromatic rings. The quantitative estimate of drug-likeness (QED) is 0.325. The van der Waals surface area contributed by atoms with Crippen molar-refractivity contribution in [3.63, 3.8) is 0 Å². The van der Waals surface area contributed by atoms with Crippen molar-refractivity contribution in [3.8, 4) is 22.9 Å². The van der Waals surface area contributed by atoms with Gasteiger partial charge in [-0.1, -0.05) is 23.7 Å². The summed E-state index contributed by atoms with van der Waals surface area (Å²) >= 11 is 6.03. The minimum absolute atomic E-state index is 0.0680. The molecule has 0 bridgehead atoms. The van der Waals surface area contributed by atoms with E-state index in [0.717, 1.165) is 0 Å². The van der Waals surface area contributed by atoms with Gasteiger partial charge in [-0.2, -0.15) is 5.10 Å². The van der Waals surface area contributed by atoms with Crippen molar-refractivity contribution in [2.24, 2.45) is 5.73 Å². The van der Waals surface area contributed by atoms with E-state index in [0.29, 0.717) is 44.5 Å². The van der Waals surface area contributed by atoms with Crippen molar-refractivity contribution >= 4 is 28.5 Å². The normalized spacial score (nSPS) is 11.0. The Morgan fingerprint density at radius 1 is 1.03 bits per heavy atom. The van der Waals surface area contributed by atoms with Crippen LogP contribution in [0.4, 0.5) is 0 Å². The Hall–Kier alpha value is -4.37. The molecule has 2 aromatic carbocycles. The Labute approximate surface area is 186 Å². The predicted octanol–water partition coefficient (Wildman–Crippen LogP) is 2.97. The largest absolute Gasteiger partial charge is 0.384 e. The average Bonchev–Trinajstić information content (AvgIpc) is 3.25. The van der Waals surface area contributed by atoms with E-state index in [-0.39, 0.29) is 11.4 Å². The summed E-state index contributed by atoms with van der Waals surface area (Å²) in [4.78, 5) is 26.8. The van der Waals surface area contributed by atoms with Gasteiger partial charge in [0.15, 0.2) is 11.5 Å². The first kappa shape index (κ1) is 19.6. The molecule has 0 aliphatic rings. The molecule has 10 heteroatoms. The number of nitrogen functional groups attached to an aromatic ring is 1. The lowest BCUT2D eigenvalue weighted by atomic mass is 10.2. The number of hydrogen-bond donors (Lipinski definition) is 2. The molecule has 0 amide bonds. The maximum absolute atomic E-state index is 13.6. The van der Waals surface area contributed by atoms with Crippen LogP contribution in [0.3, 0.4) is 0 Å². The smallest absolute Gasteiger partial charge is 0.269 e. The molecule has 0 aliphatic heterocycles. The highest BCUT2D eigenvalue weighted by atomic mass is 35.5. The molecule has 3 aromatic heterocycles. The monoisotopic (exact) mass is 442 g/mol. The molecule has 0 atom stereocenters. The van der Waals surface area contributed by atoms with E-state index in [1.807, 2.05) is 0 Å². The minimum Gasteiger partial charge on any atom is -0.384 e. The van der Waals surface area contributed by atoms with Crippen LogP contribution in [0.1, 0.15) is 5.56 Å². The number of nitrogens with one attached hydrogen (secondary N) is 1. The van der Waals surface area contributed by atoms with Crippen molar-refractivity contribution in [1.82, 2.24) is 29.3 Å². The van der Waals surface area contributed by atoms with Crippen molar-refractivity contribution in [3.05, 3.63) is 94.3 Å². The third-order valence-corrected chi connectivity index (χ3v) is 5.13. The van der Waals surface area contributed by atoms with Crippen molar-refractivity contribution < 1.29 is 0 Å². The standard InChI is InChI=1S/C22H15ClN8O/c23-14-4-6-15(7-5-14)30-21(18-12-26-8-9-27-18)29-20-17(22(30)32)11-28-31(20)16-3-1-2-13(10-16)19(24)25/h1-12H,(H3,24,25). The number of amidine groups is 1. The summed E-state index contributed by atoms with van der Waals surface area (Å²) in [6.45, 7) is 0. The Bertz CT molecular complexity index is 1520. The summed E-state index contributed by atoms with van der Waals surface area (Å²) in [7, 11) is 0. The second-order valence-electron chi connectivity index (χ2n) is 6.90. The fraction of sp³-hybridized carbons (Fsp3) is 0. The zero-order valence-corrected chi connectivity index (χ0v) is 17.2. The van der Waals surface area contributed by atoms with Gasteiger partial charge in [0.2, 0.25) is 0 Å². The van der Waals surface area contributed by atoms with Gasteiger partial charge >= 0.3 is 0 Å². The molecule has 5 rings (SSSR count). The van der Waals surface area contributed by atoms with Gasteiger partial charge in [0.25, 0.3) is 5.56 Å². The fourth-order valence-corrected chi connectivity index (χ4v) is 3.50. The molecule has 0 unspecified atom stereocenters. The lowest BCUT2D eigenvalue weighted by Gasteiger charge is -2.13. The lowest BCUT2D eigenvalue weighted by molar-refractivity contribution is 0.886. The number of nitrogens with zero attached hydrogens (tertiary/aromatic N) is 6. The van der Waals surface area contributed by atoms with Crippen LogP contribution in [-0.4, -0.2) is 35.1 Å². The SMILES string of the molecule is N=C(N)c1cccc(-n2ncc3c(=O)n(-c4ccc(Cl)cc4)c(-c4cnccn4)nc32)c1. The molecule has 3 N–H and O–H groups in total. The van der Waals surface area contributed by atoms with E-state index < -0.39 is 0 Å². The van der Waals surface area contributed by atoms with Crippen LogP contribution < -0.4 is 11.3 Å². The first-order valence-corrected chi connectivity index (χ1v) is 9.88. The van der Waals surface area contributed by atoms with Gasteiger partial charge in [-0.05, 0) is 36.4 Å². The summed E-state index contributed by atoms with van der Waals surface area (Å²) in [6.07, 6.45) is 6.09. The molecular formula is C22H15ClN8O. The van der Waals surface area contributed by atoms with Gasteiger partial charge in [-0.15, -0.1) is 0 Å². The van der Waals surface area contributed by atoms with Crippen LogP contribution in [0.2, 0.25) is 5.02 Å². The number of hydrogen-bond acceptors (Lipinski definition) is 6. The maximum Gasteiger partial charge on any atom is 0.269 e. The number of benzene rings is 2. The zero-order chi connectivity index (χ0) is 22.2. The van der Waals surface area contributed by atoms with Crippen LogP contribution in [0, 0.1) is 5.41 Å². The third-order valence-electron chi connectivity index (χ3n) is 4.88. The summed E-state index contributed by atoms with van der Waals surface area (Å²) in [5, 5.41) is 12.9. The van der Waals surface area contributed by atoms with Crippen LogP contribution in [0.15, 0.2) is 78.1 Å². The van der Waals surface area contributed by atoms with E-state index in [9.17, 15) is 4.79 Å². The molecular weight excluding hydrogens is 428 g/mol. The third kappa shape index (κ3) is 3.30. The van der Waals surface area contributed by atoms with E-state index in [2.05, 4.69) is 15.1 Å². The predicted molar refractivity (Wildman–Crippen MR) is 122 cm³/mol. The highest BCUT2D eigenvalue weighted by Gasteiger charge is 2.19. The molecule has 32 heavy (non-hydrogen) atoms. The molecule has 3 heterocycles. The molecule has 0 radical (unpaired) electrons. The number of halogens is 1. The minimum atomic E-state index is -0.313. The fourth-order valence-electron chi connectivity index (χ4n) is 3.38. The molecule has 0 saturated carbocycles. The second-order valence-corrected chi connectivity index (χ2v) is 7.34. The van der Waals surface area contributed by atoms with Gasteiger partial charge in [0, 0.05) is 23.0 Å². The van der Waals surface area contributed by atoms with Crippen molar-refractivity contribution in [2.75, 3.05) is 0 Å². The van der Waals surface area contributed by atoms with E-state index >= 15 is 0 Å². The molecule has 9 nitrogen and oxygen atoms in total. The number of rotatable bonds is 4. The number of fused-ring (bicyclic) bond motifs is 1. The first-order chi connectivity index (χ1) is 15.5. The summed E-state index contributed by atoms with van der Waals surface area (Å²) in [5.41, 5.74) is 7.83. The van der Waals surface area contributed by atoms with Crippen LogP contribution >= 0.6 is 11.6 Å². The van der Waals surface area contributed by atoms with Gasteiger partial charge in [0.1, 0.15) is 16.9 Å². The van der Waals surface area contributed by atoms with Crippen LogP contribution in [-0.2, 0) is 0 Å². The highest BCUT2D eigenvalue weighted by Crippen LogP contribution is 2.23. The van der Waals surface area contributed by atoms with Crippen LogP contribution in [0.5, 0.6) is 0 Å². The van der Waals surface area contributed by atoms with Gasteiger partial charge in [-0.25, -0.2) is 14.6 Å². The van der Waals surface area contributed by atoms with Gasteiger partial charge < -0.3 is 5.73 Å². The van der Waals surface area contributed by atoms with E-state index in [1.54, 1.807) is 54.7 Å². The zero-order valence-electron chi connectivity index (χ0n) is 16.5. The van der Waals surface area contributed by atoms with Crippen molar-refractivity contribution in [2.45, 2.75) is 0 Å². The van der Waals surface area contributed by atoms with Gasteiger partial charge in [-0.3, -0.25) is 19.8 Å². The lowest BCUT2D eigenvalue weighted by Crippen LogP contribution is -2.22. The summed E-state index contributed by atoms with van der Waals surface area (Å²) < 4.78 is 3.00. The summed E-state index contributed by atoms with van der Waals surface area (Å²) in [6, 6.07) is 13.9. The topological polar surface area (TPSA) is 128 Å². The van der Waals surface area contributed by atoms with Gasteiger partial charge in [0.05, 0.1) is 23.8 Å². The Balaban J connectivity index is 1.82. The van der Waals surface area contributed by atoms with E-state index in [1.165, 1.54) is 27.8 Å². The number of aromatic nitrogens is 6. The molecule has 0 spiro atoms. The molecule has 156 valence electrons. The van der Waals surface area contributed by atoms with E-state index in [4.69, 9.17) is 27.7 Å². The average molecular weight is 443 g/mol. The molecule has 0 aliphatic carbocycles. The van der Waals surface area contributed by atoms with Crippen molar-refractivity contribution in [1.29, 1.82) is 5.41 Å². The Morgan fingerprint density at radius 3 is 2.56 bits per heavy atom.